The molecule has 2 rings (SSSR count). The maximum Gasteiger partial charge on any atom is 0.271 e. The van der Waals surface area contributed by atoms with Gasteiger partial charge in [0.25, 0.3) is 17.2 Å². The van der Waals surface area contributed by atoms with Crippen LogP contribution < -0.4 is 10.9 Å². The lowest BCUT2D eigenvalue weighted by atomic mass is 10.2. The maximum absolute atomic E-state index is 11.9. The molecule has 2 aromatic rings. The Morgan fingerprint density at radius 2 is 1.95 bits per heavy atom. The summed E-state index contributed by atoms with van der Waals surface area (Å²) in [7, 11) is 0. The molecule has 9 nitrogen and oxygen atoms in total. The van der Waals surface area contributed by atoms with Crippen molar-refractivity contribution < 1.29 is 19.9 Å². The zero-order chi connectivity index (χ0) is 15.6. The SMILES string of the molecule is O=C(Nc1cc([N+](=O)[O-])ccc1O)c1cc(O)[nH]c(=O)c1. The predicted octanol–water partition coefficient (Wildman–Crippen LogP) is 0.947. The first-order valence-corrected chi connectivity index (χ1v) is 5.59. The average molecular weight is 291 g/mol. The van der Waals surface area contributed by atoms with Crippen molar-refractivity contribution in [2.75, 3.05) is 5.32 Å². The number of phenolic OH excluding ortho intramolecular Hbond substituents is 1. The van der Waals surface area contributed by atoms with Crippen LogP contribution >= 0.6 is 0 Å². The number of nitrogens with one attached hydrogen (secondary N) is 2. The van der Waals surface area contributed by atoms with Crippen LogP contribution in [0.1, 0.15) is 10.4 Å². The van der Waals surface area contributed by atoms with Gasteiger partial charge in [0, 0.05) is 24.3 Å². The first-order valence-electron chi connectivity index (χ1n) is 5.59. The Kier molecular flexibility index (Phi) is 3.57. The number of carbonyl (C=O) groups is 1. The highest BCUT2D eigenvalue weighted by atomic mass is 16.6. The number of anilines is 1. The summed E-state index contributed by atoms with van der Waals surface area (Å²) in [5, 5.41) is 31.6. The summed E-state index contributed by atoms with van der Waals surface area (Å²) in [5.41, 5.74) is -1.36. The molecule has 0 spiro atoms. The maximum atomic E-state index is 11.9. The molecule has 0 aliphatic heterocycles. The van der Waals surface area contributed by atoms with Crippen LogP contribution in [0.5, 0.6) is 11.6 Å². The number of phenols is 1. The molecule has 1 heterocycles. The third-order valence-electron chi connectivity index (χ3n) is 2.53. The van der Waals surface area contributed by atoms with Crippen molar-refractivity contribution in [2.45, 2.75) is 0 Å². The Hall–Kier alpha value is -3.36. The van der Waals surface area contributed by atoms with Crippen LogP contribution in [-0.2, 0) is 0 Å². The molecule has 0 bridgehead atoms. The summed E-state index contributed by atoms with van der Waals surface area (Å²) >= 11 is 0. The fourth-order valence-electron chi connectivity index (χ4n) is 1.59. The lowest BCUT2D eigenvalue weighted by Gasteiger charge is -2.07. The molecule has 4 N–H and O–H groups in total. The van der Waals surface area contributed by atoms with E-state index < -0.39 is 22.3 Å². The molecule has 9 heteroatoms. The van der Waals surface area contributed by atoms with Crippen molar-refractivity contribution in [3.8, 4) is 11.6 Å². The van der Waals surface area contributed by atoms with Crippen LogP contribution in [0.4, 0.5) is 11.4 Å². The van der Waals surface area contributed by atoms with Gasteiger partial charge < -0.3 is 15.5 Å². The number of rotatable bonds is 3. The van der Waals surface area contributed by atoms with E-state index in [2.05, 4.69) is 5.32 Å². The molecular weight excluding hydrogens is 282 g/mol. The summed E-state index contributed by atoms with van der Waals surface area (Å²) < 4.78 is 0. The van der Waals surface area contributed by atoms with Gasteiger partial charge in [-0.1, -0.05) is 0 Å². The summed E-state index contributed by atoms with van der Waals surface area (Å²) in [6, 6.07) is 5.04. The van der Waals surface area contributed by atoms with Gasteiger partial charge in [0.15, 0.2) is 5.88 Å². The standard InChI is InChI=1S/C12H9N3O6/c16-9-2-1-7(15(20)21)5-8(9)13-12(19)6-3-10(17)14-11(18)4-6/h1-5,16H,(H,13,19)(H2,14,17,18). The Morgan fingerprint density at radius 1 is 1.24 bits per heavy atom. The number of amides is 1. The highest BCUT2D eigenvalue weighted by Gasteiger charge is 2.14. The molecular formula is C12H9N3O6. The summed E-state index contributed by atoms with van der Waals surface area (Å²) in [5.74, 6) is -1.69. The minimum absolute atomic E-state index is 0.165. The average Bonchev–Trinajstić information content (AvgIpc) is 2.39. The molecule has 0 fully saturated rings. The van der Waals surface area contributed by atoms with Crippen LogP contribution in [0.25, 0.3) is 0 Å². The molecule has 0 radical (unpaired) electrons. The second-order valence-corrected chi connectivity index (χ2v) is 4.03. The molecule has 1 aromatic carbocycles. The smallest absolute Gasteiger partial charge is 0.271 e. The van der Waals surface area contributed by atoms with Crippen LogP contribution in [0.15, 0.2) is 35.1 Å². The van der Waals surface area contributed by atoms with Crippen LogP contribution in [0.3, 0.4) is 0 Å². The fourth-order valence-corrected chi connectivity index (χ4v) is 1.59. The number of carbonyl (C=O) groups excluding carboxylic acids is 1. The second kappa shape index (κ2) is 5.33. The number of non-ortho nitro benzene ring substituents is 1. The third kappa shape index (κ3) is 3.15. The number of nitrogens with zero attached hydrogens (tertiary/aromatic N) is 1. The molecule has 0 aliphatic rings. The Bertz CT molecular complexity index is 783. The van der Waals surface area contributed by atoms with Gasteiger partial charge in [-0.15, -0.1) is 0 Å². The predicted molar refractivity (Wildman–Crippen MR) is 71.4 cm³/mol. The Balaban J connectivity index is 2.33. The van der Waals surface area contributed by atoms with Crippen molar-refractivity contribution in [3.05, 3.63) is 56.4 Å². The summed E-state index contributed by atoms with van der Waals surface area (Å²) in [6.07, 6.45) is 0. The Morgan fingerprint density at radius 3 is 2.57 bits per heavy atom. The van der Waals surface area contributed by atoms with Gasteiger partial charge in [-0.3, -0.25) is 24.7 Å². The fraction of sp³-hybridized carbons (Fsp3) is 0. The van der Waals surface area contributed by atoms with Gasteiger partial charge in [-0.2, -0.15) is 0 Å². The monoisotopic (exact) mass is 291 g/mol. The van der Waals surface area contributed by atoms with E-state index in [0.29, 0.717) is 0 Å². The number of nitro groups is 1. The molecule has 21 heavy (non-hydrogen) atoms. The normalized spacial score (nSPS) is 10.1. The second-order valence-electron chi connectivity index (χ2n) is 4.03. The van der Waals surface area contributed by atoms with Crippen LogP contribution in [0.2, 0.25) is 0 Å². The first-order chi connectivity index (χ1) is 9.86. The van der Waals surface area contributed by atoms with Crippen LogP contribution in [-0.4, -0.2) is 26.0 Å². The number of hydrogen-bond acceptors (Lipinski definition) is 6. The van der Waals surface area contributed by atoms with E-state index in [9.17, 15) is 29.9 Å². The number of nitro benzene ring substituents is 1. The van der Waals surface area contributed by atoms with Gasteiger partial charge in [-0.05, 0) is 6.07 Å². The highest BCUT2D eigenvalue weighted by molar-refractivity contribution is 6.05. The van der Waals surface area contributed by atoms with E-state index in [4.69, 9.17) is 0 Å². The summed E-state index contributed by atoms with van der Waals surface area (Å²) in [6.45, 7) is 0. The topological polar surface area (TPSA) is 146 Å². The number of aromatic hydroxyl groups is 2. The number of pyridine rings is 1. The quantitative estimate of drug-likeness (QED) is 0.376. The molecule has 0 atom stereocenters. The highest BCUT2D eigenvalue weighted by Crippen LogP contribution is 2.28. The summed E-state index contributed by atoms with van der Waals surface area (Å²) in [4.78, 5) is 35.0. The van der Waals surface area contributed by atoms with Crippen molar-refractivity contribution >= 4 is 17.3 Å². The number of H-pyrrole nitrogens is 1. The number of aromatic nitrogens is 1. The zero-order valence-electron chi connectivity index (χ0n) is 10.4. The number of hydrogen-bond donors (Lipinski definition) is 4. The zero-order valence-corrected chi connectivity index (χ0v) is 10.4. The number of aromatic amines is 1. The van der Waals surface area contributed by atoms with E-state index >= 15 is 0 Å². The molecule has 1 aromatic heterocycles. The lowest BCUT2D eigenvalue weighted by Crippen LogP contribution is -2.16. The third-order valence-corrected chi connectivity index (χ3v) is 2.53. The van der Waals surface area contributed by atoms with Crippen LogP contribution in [0, 0.1) is 10.1 Å². The van der Waals surface area contributed by atoms with Crippen molar-refractivity contribution in [3.63, 3.8) is 0 Å². The van der Waals surface area contributed by atoms with E-state index in [0.717, 1.165) is 30.3 Å². The molecule has 0 saturated carbocycles. The minimum Gasteiger partial charge on any atom is -0.506 e. The van der Waals surface area contributed by atoms with Gasteiger partial charge in [0.2, 0.25) is 0 Å². The minimum atomic E-state index is -0.813. The first kappa shape index (κ1) is 14.1. The lowest BCUT2D eigenvalue weighted by molar-refractivity contribution is -0.384. The number of benzene rings is 1. The molecule has 0 unspecified atom stereocenters. The van der Waals surface area contributed by atoms with E-state index in [1.54, 1.807) is 0 Å². The van der Waals surface area contributed by atoms with Gasteiger partial charge in [0.05, 0.1) is 16.2 Å². The van der Waals surface area contributed by atoms with Gasteiger partial charge >= 0.3 is 0 Å². The molecule has 108 valence electrons. The molecule has 0 aliphatic carbocycles. The largest absolute Gasteiger partial charge is 0.506 e. The van der Waals surface area contributed by atoms with E-state index in [-0.39, 0.29) is 22.7 Å². The molecule has 0 saturated heterocycles. The Labute approximate surface area is 116 Å². The van der Waals surface area contributed by atoms with Crippen molar-refractivity contribution in [1.29, 1.82) is 0 Å². The van der Waals surface area contributed by atoms with Gasteiger partial charge in [0.1, 0.15) is 5.75 Å². The molecule has 1 amide bonds. The van der Waals surface area contributed by atoms with E-state index in [1.165, 1.54) is 0 Å². The van der Waals surface area contributed by atoms with Crippen molar-refractivity contribution in [1.82, 2.24) is 4.98 Å². The van der Waals surface area contributed by atoms with Crippen molar-refractivity contribution in [2.24, 2.45) is 0 Å². The van der Waals surface area contributed by atoms with Gasteiger partial charge in [-0.25, -0.2) is 0 Å². The van der Waals surface area contributed by atoms with E-state index in [1.807, 2.05) is 4.98 Å².